The average molecular weight is 266 g/mol. The van der Waals surface area contributed by atoms with Crippen LogP contribution in [0.15, 0.2) is 0 Å². The standard InChI is InChI=1S/C17H34N2/c1-4-12-18-17(15-8-9-15)13-19(3)16-10-6-14(5-2)7-11-16/h14-18H,4-13H2,1-3H3. The lowest BCUT2D eigenvalue weighted by Gasteiger charge is -2.36. The molecule has 1 N–H and O–H groups in total. The van der Waals surface area contributed by atoms with E-state index in [-0.39, 0.29) is 0 Å². The van der Waals surface area contributed by atoms with E-state index in [1.54, 1.807) is 0 Å². The van der Waals surface area contributed by atoms with E-state index >= 15 is 0 Å². The highest BCUT2D eigenvalue weighted by atomic mass is 15.2. The van der Waals surface area contributed by atoms with E-state index in [0.29, 0.717) is 0 Å². The van der Waals surface area contributed by atoms with Gasteiger partial charge < -0.3 is 10.2 Å². The van der Waals surface area contributed by atoms with Crippen LogP contribution in [0.1, 0.15) is 65.2 Å². The number of hydrogen-bond donors (Lipinski definition) is 1. The van der Waals surface area contributed by atoms with Crippen molar-refractivity contribution >= 4 is 0 Å². The predicted molar refractivity (Wildman–Crippen MR) is 83.5 cm³/mol. The molecule has 0 aromatic carbocycles. The molecule has 0 aromatic heterocycles. The second-order valence-corrected chi connectivity index (χ2v) is 6.92. The molecule has 0 bridgehead atoms. The molecule has 0 aromatic rings. The highest BCUT2D eigenvalue weighted by Gasteiger charge is 2.33. The van der Waals surface area contributed by atoms with Crippen molar-refractivity contribution in [3.8, 4) is 0 Å². The molecule has 2 heteroatoms. The van der Waals surface area contributed by atoms with Gasteiger partial charge in [-0.05, 0) is 70.4 Å². The molecule has 2 saturated carbocycles. The van der Waals surface area contributed by atoms with Crippen LogP contribution in [0.2, 0.25) is 0 Å². The molecular formula is C17H34N2. The fourth-order valence-electron chi connectivity index (χ4n) is 3.66. The first-order valence-corrected chi connectivity index (χ1v) is 8.68. The number of likely N-dealkylation sites (N-methyl/N-ethyl adjacent to an activating group) is 1. The third kappa shape index (κ3) is 4.75. The van der Waals surface area contributed by atoms with Crippen LogP contribution in [0.25, 0.3) is 0 Å². The summed E-state index contributed by atoms with van der Waals surface area (Å²) >= 11 is 0. The highest BCUT2D eigenvalue weighted by Crippen LogP contribution is 2.34. The lowest BCUT2D eigenvalue weighted by atomic mass is 9.84. The van der Waals surface area contributed by atoms with Gasteiger partial charge in [-0.3, -0.25) is 0 Å². The second-order valence-electron chi connectivity index (χ2n) is 6.92. The van der Waals surface area contributed by atoms with Crippen LogP contribution in [0.3, 0.4) is 0 Å². The van der Waals surface area contributed by atoms with Gasteiger partial charge in [0.15, 0.2) is 0 Å². The molecule has 19 heavy (non-hydrogen) atoms. The van der Waals surface area contributed by atoms with Crippen molar-refractivity contribution in [2.45, 2.75) is 77.3 Å². The molecule has 2 fully saturated rings. The van der Waals surface area contributed by atoms with Crippen molar-refractivity contribution < 1.29 is 0 Å². The molecule has 112 valence electrons. The fourth-order valence-corrected chi connectivity index (χ4v) is 3.66. The molecule has 0 radical (unpaired) electrons. The molecular weight excluding hydrogens is 232 g/mol. The molecule has 1 atom stereocenters. The molecule has 1 unspecified atom stereocenters. The van der Waals surface area contributed by atoms with E-state index in [1.807, 2.05) is 0 Å². The van der Waals surface area contributed by atoms with E-state index in [2.05, 4.69) is 31.1 Å². The molecule has 0 saturated heterocycles. The monoisotopic (exact) mass is 266 g/mol. The van der Waals surface area contributed by atoms with Gasteiger partial charge in [-0.15, -0.1) is 0 Å². The van der Waals surface area contributed by atoms with E-state index in [1.165, 1.54) is 64.5 Å². The number of rotatable bonds is 8. The Hall–Kier alpha value is -0.0800. The van der Waals surface area contributed by atoms with Crippen LogP contribution in [0.5, 0.6) is 0 Å². The maximum Gasteiger partial charge on any atom is 0.0223 e. The molecule has 0 spiro atoms. The lowest BCUT2D eigenvalue weighted by molar-refractivity contribution is 0.146. The summed E-state index contributed by atoms with van der Waals surface area (Å²) in [6.45, 7) is 7.09. The van der Waals surface area contributed by atoms with E-state index < -0.39 is 0 Å². The summed E-state index contributed by atoms with van der Waals surface area (Å²) in [5.74, 6) is 1.99. The molecule has 2 aliphatic carbocycles. The van der Waals surface area contributed by atoms with Gasteiger partial charge in [0.25, 0.3) is 0 Å². The average Bonchev–Trinajstić information content (AvgIpc) is 3.28. The summed E-state index contributed by atoms with van der Waals surface area (Å²) in [4.78, 5) is 2.66. The Morgan fingerprint density at radius 2 is 1.74 bits per heavy atom. The van der Waals surface area contributed by atoms with Gasteiger partial charge in [0.2, 0.25) is 0 Å². The molecule has 2 aliphatic rings. The smallest absolute Gasteiger partial charge is 0.0223 e. The first-order valence-electron chi connectivity index (χ1n) is 8.68. The zero-order valence-corrected chi connectivity index (χ0v) is 13.3. The Morgan fingerprint density at radius 3 is 2.26 bits per heavy atom. The van der Waals surface area contributed by atoms with Gasteiger partial charge in [-0.25, -0.2) is 0 Å². The Morgan fingerprint density at radius 1 is 1.05 bits per heavy atom. The quantitative estimate of drug-likeness (QED) is 0.721. The largest absolute Gasteiger partial charge is 0.312 e. The van der Waals surface area contributed by atoms with Crippen molar-refractivity contribution in [3.05, 3.63) is 0 Å². The third-order valence-corrected chi connectivity index (χ3v) is 5.35. The summed E-state index contributed by atoms with van der Waals surface area (Å²) in [6.07, 6.45) is 11.3. The fraction of sp³-hybridized carbons (Fsp3) is 1.00. The first-order chi connectivity index (χ1) is 9.24. The molecule has 0 amide bonds. The van der Waals surface area contributed by atoms with Crippen molar-refractivity contribution in [2.75, 3.05) is 20.1 Å². The van der Waals surface area contributed by atoms with Gasteiger partial charge in [-0.1, -0.05) is 20.3 Å². The normalized spacial score (nSPS) is 29.7. The minimum Gasteiger partial charge on any atom is -0.312 e. The van der Waals surface area contributed by atoms with Crippen molar-refractivity contribution in [3.63, 3.8) is 0 Å². The van der Waals surface area contributed by atoms with Gasteiger partial charge in [0, 0.05) is 18.6 Å². The van der Waals surface area contributed by atoms with Crippen LogP contribution in [0.4, 0.5) is 0 Å². The minimum atomic E-state index is 0.758. The zero-order chi connectivity index (χ0) is 13.7. The SMILES string of the molecule is CCCNC(CN(C)C1CCC(CC)CC1)C1CC1. The number of hydrogen-bond acceptors (Lipinski definition) is 2. The van der Waals surface area contributed by atoms with Crippen LogP contribution >= 0.6 is 0 Å². The maximum absolute atomic E-state index is 3.78. The first kappa shape index (κ1) is 15.3. The number of nitrogens with zero attached hydrogens (tertiary/aromatic N) is 1. The summed E-state index contributed by atoms with van der Waals surface area (Å²) in [5, 5.41) is 3.78. The summed E-state index contributed by atoms with van der Waals surface area (Å²) < 4.78 is 0. The van der Waals surface area contributed by atoms with Gasteiger partial charge in [-0.2, -0.15) is 0 Å². The van der Waals surface area contributed by atoms with Crippen LogP contribution < -0.4 is 5.32 Å². The van der Waals surface area contributed by atoms with E-state index in [4.69, 9.17) is 0 Å². The molecule has 2 nitrogen and oxygen atoms in total. The molecule has 0 heterocycles. The van der Waals surface area contributed by atoms with Gasteiger partial charge >= 0.3 is 0 Å². The van der Waals surface area contributed by atoms with E-state index in [0.717, 1.165) is 23.9 Å². The lowest BCUT2D eigenvalue weighted by Crippen LogP contribution is -2.46. The van der Waals surface area contributed by atoms with Gasteiger partial charge in [0.05, 0.1) is 0 Å². The van der Waals surface area contributed by atoms with Crippen molar-refractivity contribution in [1.82, 2.24) is 10.2 Å². The Bertz CT molecular complexity index is 242. The zero-order valence-electron chi connectivity index (χ0n) is 13.3. The maximum atomic E-state index is 3.78. The third-order valence-electron chi connectivity index (χ3n) is 5.35. The summed E-state index contributed by atoms with van der Waals surface area (Å²) in [7, 11) is 2.36. The highest BCUT2D eigenvalue weighted by molar-refractivity contribution is 4.89. The predicted octanol–water partition coefficient (Wildman–Crippen LogP) is 3.67. The van der Waals surface area contributed by atoms with Crippen molar-refractivity contribution in [2.24, 2.45) is 11.8 Å². The Kier molecular flexibility index (Phi) is 6.15. The minimum absolute atomic E-state index is 0.758. The Labute approximate surface area is 120 Å². The summed E-state index contributed by atoms with van der Waals surface area (Å²) in [6, 6.07) is 1.61. The number of nitrogens with one attached hydrogen (secondary N) is 1. The molecule has 2 rings (SSSR count). The van der Waals surface area contributed by atoms with E-state index in [9.17, 15) is 0 Å². The topological polar surface area (TPSA) is 15.3 Å². The van der Waals surface area contributed by atoms with Crippen LogP contribution in [-0.2, 0) is 0 Å². The Balaban J connectivity index is 1.74. The van der Waals surface area contributed by atoms with Crippen molar-refractivity contribution in [1.29, 1.82) is 0 Å². The summed E-state index contributed by atoms with van der Waals surface area (Å²) in [5.41, 5.74) is 0. The molecule has 0 aliphatic heterocycles. The second kappa shape index (κ2) is 7.64. The van der Waals surface area contributed by atoms with Crippen LogP contribution in [0, 0.1) is 11.8 Å². The van der Waals surface area contributed by atoms with Crippen LogP contribution in [-0.4, -0.2) is 37.1 Å². The van der Waals surface area contributed by atoms with Gasteiger partial charge in [0.1, 0.15) is 0 Å².